The van der Waals surface area contributed by atoms with E-state index in [4.69, 9.17) is 8.83 Å². The summed E-state index contributed by atoms with van der Waals surface area (Å²) >= 11 is 1.56. The number of anilines is 1. The number of fused-ring (bicyclic) bond motifs is 1. The lowest BCUT2D eigenvalue weighted by atomic mass is 9.96. The van der Waals surface area contributed by atoms with Crippen LogP contribution >= 0.6 is 11.3 Å². The molecule has 0 radical (unpaired) electrons. The number of hydrogen-bond donors (Lipinski definition) is 1. The number of nitriles is 1. The zero-order valence-electron chi connectivity index (χ0n) is 16.1. The topological polar surface area (TPSA) is 82.4 Å². The molecule has 3 heterocycles. The number of rotatable bonds is 8. The predicted molar refractivity (Wildman–Crippen MR) is 110 cm³/mol. The molecule has 0 bridgehead atoms. The molecule has 1 aliphatic carbocycles. The van der Waals surface area contributed by atoms with Crippen molar-refractivity contribution in [2.75, 3.05) is 11.9 Å². The van der Waals surface area contributed by atoms with Gasteiger partial charge in [0.05, 0.1) is 31.2 Å². The monoisotopic (exact) mass is 409 g/mol. The van der Waals surface area contributed by atoms with E-state index in [-0.39, 0.29) is 5.91 Å². The smallest absolute Gasteiger partial charge is 0.226 e. The van der Waals surface area contributed by atoms with E-state index in [1.807, 2.05) is 24.3 Å². The Morgan fingerprint density at radius 1 is 1.14 bits per heavy atom. The molecule has 0 fully saturated rings. The molecule has 3 aromatic heterocycles. The van der Waals surface area contributed by atoms with Crippen LogP contribution in [0.4, 0.5) is 5.00 Å². The van der Waals surface area contributed by atoms with Gasteiger partial charge in [-0.2, -0.15) is 5.26 Å². The molecule has 29 heavy (non-hydrogen) atoms. The van der Waals surface area contributed by atoms with Crippen LogP contribution in [0.2, 0.25) is 0 Å². The van der Waals surface area contributed by atoms with Crippen molar-refractivity contribution in [2.45, 2.75) is 45.2 Å². The van der Waals surface area contributed by atoms with Gasteiger partial charge >= 0.3 is 0 Å². The molecule has 0 unspecified atom stereocenters. The van der Waals surface area contributed by atoms with Crippen LogP contribution in [0.5, 0.6) is 0 Å². The highest BCUT2D eigenvalue weighted by Crippen LogP contribution is 2.37. The number of carbonyl (C=O) groups is 1. The average molecular weight is 410 g/mol. The largest absolute Gasteiger partial charge is 0.468 e. The Labute approximate surface area is 173 Å². The molecule has 0 atom stereocenters. The molecule has 4 rings (SSSR count). The van der Waals surface area contributed by atoms with Gasteiger partial charge in [0.2, 0.25) is 5.91 Å². The van der Waals surface area contributed by atoms with Crippen molar-refractivity contribution < 1.29 is 13.6 Å². The van der Waals surface area contributed by atoms with Crippen molar-refractivity contribution in [2.24, 2.45) is 0 Å². The molecule has 7 heteroatoms. The van der Waals surface area contributed by atoms with E-state index in [0.717, 1.165) is 42.8 Å². The van der Waals surface area contributed by atoms with Crippen molar-refractivity contribution in [1.29, 1.82) is 5.26 Å². The molecule has 1 N–H and O–H groups in total. The van der Waals surface area contributed by atoms with Gasteiger partial charge in [-0.15, -0.1) is 11.3 Å². The fraction of sp³-hybridized carbons (Fsp3) is 0.364. The average Bonchev–Trinajstić information content (AvgIpc) is 3.47. The van der Waals surface area contributed by atoms with Gasteiger partial charge in [-0.25, -0.2) is 0 Å². The number of aryl methyl sites for hydroxylation is 1. The summed E-state index contributed by atoms with van der Waals surface area (Å²) in [5.41, 5.74) is 1.79. The molecule has 150 valence electrons. The highest BCUT2D eigenvalue weighted by molar-refractivity contribution is 7.16. The SMILES string of the molecule is N#Cc1c(NC(=O)CCN(Cc2ccco2)Cc2ccco2)sc2c1CCCC2. The number of nitrogens with zero attached hydrogens (tertiary/aromatic N) is 2. The lowest BCUT2D eigenvalue weighted by Crippen LogP contribution is -2.27. The third kappa shape index (κ3) is 4.78. The van der Waals surface area contributed by atoms with Gasteiger partial charge < -0.3 is 14.2 Å². The summed E-state index contributed by atoms with van der Waals surface area (Å²) in [6.45, 7) is 1.75. The summed E-state index contributed by atoms with van der Waals surface area (Å²) in [5.74, 6) is 1.60. The van der Waals surface area contributed by atoms with E-state index >= 15 is 0 Å². The van der Waals surface area contributed by atoms with Crippen LogP contribution < -0.4 is 5.32 Å². The normalized spacial score (nSPS) is 13.2. The number of nitrogens with one attached hydrogen (secondary N) is 1. The van der Waals surface area contributed by atoms with Crippen LogP contribution in [0, 0.1) is 11.3 Å². The van der Waals surface area contributed by atoms with Gasteiger partial charge in [0.15, 0.2) is 0 Å². The van der Waals surface area contributed by atoms with Crippen LogP contribution in [0.25, 0.3) is 0 Å². The van der Waals surface area contributed by atoms with Gasteiger partial charge in [0.25, 0.3) is 0 Å². The van der Waals surface area contributed by atoms with Crippen LogP contribution in [0.15, 0.2) is 45.6 Å². The lowest BCUT2D eigenvalue weighted by molar-refractivity contribution is -0.116. The molecular formula is C22H23N3O3S. The van der Waals surface area contributed by atoms with Crippen molar-refractivity contribution in [3.63, 3.8) is 0 Å². The zero-order chi connectivity index (χ0) is 20.1. The lowest BCUT2D eigenvalue weighted by Gasteiger charge is -2.19. The first-order chi connectivity index (χ1) is 14.2. The Hall–Kier alpha value is -2.82. The highest BCUT2D eigenvalue weighted by Gasteiger charge is 2.22. The molecule has 6 nitrogen and oxygen atoms in total. The summed E-state index contributed by atoms with van der Waals surface area (Å²) in [5, 5.41) is 13.2. The number of furan rings is 2. The van der Waals surface area contributed by atoms with Gasteiger partial charge in [-0.3, -0.25) is 9.69 Å². The van der Waals surface area contributed by atoms with Crippen LogP contribution in [-0.4, -0.2) is 17.4 Å². The fourth-order valence-corrected chi connectivity index (χ4v) is 4.94. The Balaban J connectivity index is 1.39. The van der Waals surface area contributed by atoms with Gasteiger partial charge in [-0.05, 0) is 55.5 Å². The van der Waals surface area contributed by atoms with E-state index in [9.17, 15) is 10.1 Å². The summed E-state index contributed by atoms with van der Waals surface area (Å²) in [7, 11) is 0. The minimum Gasteiger partial charge on any atom is -0.468 e. The second kappa shape index (κ2) is 9.12. The van der Waals surface area contributed by atoms with E-state index in [2.05, 4.69) is 16.3 Å². The first kappa shape index (κ1) is 19.5. The van der Waals surface area contributed by atoms with Crippen molar-refractivity contribution >= 4 is 22.2 Å². The number of hydrogen-bond acceptors (Lipinski definition) is 6. The first-order valence-electron chi connectivity index (χ1n) is 9.84. The standard InChI is InChI=1S/C22H23N3O3S/c23-13-19-18-7-1-2-8-20(18)29-22(19)24-21(26)9-10-25(14-16-5-3-11-27-16)15-17-6-4-12-28-17/h3-6,11-12H,1-2,7-10,14-15H2,(H,24,26). The summed E-state index contributed by atoms with van der Waals surface area (Å²) in [6, 6.07) is 9.85. The molecule has 0 aliphatic heterocycles. The summed E-state index contributed by atoms with van der Waals surface area (Å²) < 4.78 is 10.9. The maximum absolute atomic E-state index is 12.6. The number of thiophene rings is 1. The molecule has 3 aromatic rings. The van der Waals surface area contributed by atoms with Crippen LogP contribution in [0.3, 0.4) is 0 Å². The van der Waals surface area contributed by atoms with Crippen molar-refractivity contribution in [3.8, 4) is 6.07 Å². The van der Waals surface area contributed by atoms with E-state index < -0.39 is 0 Å². The third-order valence-electron chi connectivity index (χ3n) is 5.11. The Morgan fingerprint density at radius 2 is 1.83 bits per heavy atom. The summed E-state index contributed by atoms with van der Waals surface area (Å²) in [4.78, 5) is 16.0. The molecule has 0 saturated carbocycles. The summed E-state index contributed by atoms with van der Waals surface area (Å²) in [6.07, 6.45) is 7.83. The molecule has 0 saturated heterocycles. The molecule has 0 aromatic carbocycles. The van der Waals surface area contributed by atoms with Gasteiger partial charge in [0.1, 0.15) is 22.6 Å². The van der Waals surface area contributed by atoms with Crippen molar-refractivity contribution in [3.05, 3.63) is 64.3 Å². The minimum absolute atomic E-state index is 0.0796. The number of carbonyl (C=O) groups excluding carboxylic acids is 1. The Bertz CT molecular complexity index is 947. The second-order valence-electron chi connectivity index (χ2n) is 7.19. The molecule has 1 amide bonds. The quantitative estimate of drug-likeness (QED) is 0.582. The molecule has 0 spiro atoms. The number of amides is 1. The third-order valence-corrected chi connectivity index (χ3v) is 6.32. The van der Waals surface area contributed by atoms with Crippen LogP contribution in [-0.2, 0) is 30.7 Å². The van der Waals surface area contributed by atoms with E-state index in [1.54, 1.807) is 23.9 Å². The predicted octanol–water partition coefficient (Wildman–Crippen LogP) is 4.72. The van der Waals surface area contributed by atoms with Gasteiger partial charge in [0, 0.05) is 17.8 Å². The Morgan fingerprint density at radius 3 is 2.45 bits per heavy atom. The second-order valence-corrected chi connectivity index (χ2v) is 8.30. The Kier molecular flexibility index (Phi) is 6.13. The fourth-order valence-electron chi connectivity index (χ4n) is 3.68. The molecular weight excluding hydrogens is 386 g/mol. The van der Waals surface area contributed by atoms with Crippen LogP contribution in [0.1, 0.15) is 46.8 Å². The minimum atomic E-state index is -0.0796. The maximum Gasteiger partial charge on any atom is 0.226 e. The zero-order valence-corrected chi connectivity index (χ0v) is 17.0. The van der Waals surface area contributed by atoms with Crippen molar-refractivity contribution in [1.82, 2.24) is 4.90 Å². The highest BCUT2D eigenvalue weighted by atomic mass is 32.1. The molecule has 1 aliphatic rings. The van der Waals surface area contributed by atoms with Gasteiger partial charge in [-0.1, -0.05) is 0 Å². The van der Waals surface area contributed by atoms with E-state index in [0.29, 0.717) is 36.6 Å². The first-order valence-corrected chi connectivity index (χ1v) is 10.7. The maximum atomic E-state index is 12.6. The van der Waals surface area contributed by atoms with E-state index in [1.165, 1.54) is 4.88 Å².